The number of para-hydroxylation sites is 1. The minimum absolute atomic E-state index is 0.125. The summed E-state index contributed by atoms with van der Waals surface area (Å²) in [4.78, 5) is 130. The molecule has 2 aliphatic rings. The summed E-state index contributed by atoms with van der Waals surface area (Å²) in [6.45, 7) is 15.1. The highest BCUT2D eigenvalue weighted by molar-refractivity contribution is 7.92. The molecule has 2 amide bonds. The molecule has 9 aromatic carbocycles. The Balaban J connectivity index is 0.000000145. The van der Waals surface area contributed by atoms with Gasteiger partial charge in [-0.15, -0.1) is 11.3 Å². The summed E-state index contributed by atoms with van der Waals surface area (Å²) < 4.78 is 107. The minimum Gasteiger partial charge on any atom is -0.347 e. The normalized spacial score (nSPS) is 13.6. The molecular weight excluding hydrogens is 1730 g/mol. The largest absolute Gasteiger partial charge is 0.347 e. The lowest BCUT2D eigenvalue weighted by molar-refractivity contribution is -0.120. The lowest BCUT2D eigenvalue weighted by Gasteiger charge is -2.33. The first kappa shape index (κ1) is 89.0. The molecule has 2 atom stereocenters. The Labute approximate surface area is 729 Å². The Kier molecular flexibility index (Phi) is 26.3. The number of aryl methyl sites for hydroxylation is 2. The summed E-state index contributed by atoms with van der Waals surface area (Å²) in [5.74, 6) is -3.14. The van der Waals surface area contributed by atoms with Gasteiger partial charge in [-0.25, -0.2) is 72.1 Å². The summed E-state index contributed by atoms with van der Waals surface area (Å²) in [7, 11) is -14.1. The maximum Gasteiger partial charge on any atom is 0.337 e. The van der Waals surface area contributed by atoms with Crippen LogP contribution in [0.5, 0.6) is 0 Å². The molecule has 16 rings (SSSR count). The predicted octanol–water partition coefficient (Wildman–Crippen LogP) is 10.9. The van der Waals surface area contributed by atoms with Crippen molar-refractivity contribution in [2.45, 2.75) is 44.3 Å². The number of nitrogens with zero attached hydrogens (tertiary/aromatic N) is 12. The second-order valence-electron chi connectivity index (χ2n) is 29.0. The zero-order valence-corrected chi connectivity index (χ0v) is 71.5. The standard InChI is InChI=1S/C24H19N3O4S.C23H20N4O4S.C21H17N5O4S2.C20H16N6O4S/c1-25-18-12-10-16(11-13-18)15-27-21-9-4-3-8-20(21)23(28)22(24(27)29)17-6-5-7-19(14-17)26-32(2,30)31;1-32(30,31)26-18-4-2-3-17(13-18)20-21(28)19-9-11-25-22(19)27(23(20)29)12-10-15-5-7-16(14-24)8-6-15;1-32(29,30)24-16-3-2-4-17(11-16)26-19(27)18-20(31-13-23-18)25(21(26)28)10-9-14-5-7-15(12-22)8-6-14;1-21-14-8-6-13(7-9-14)11-25-18-17(22-12-23-18)19(27)26(20(25)28)16-5-3-4-15(10-16)24-31(2,29)30/h3-14,22,26H,15H2,2H3;2-9,11,13,20,25-26H,10,12H2,1H3;2-8,11,13,24H,9-10H2,1H3;3-10,12,24H,11H2,2H3,(H,22,23). The van der Waals surface area contributed by atoms with Crippen molar-refractivity contribution in [3.63, 3.8) is 0 Å². The number of amides is 2. The molecular formula is C88H72N18O16S5. The van der Waals surface area contributed by atoms with E-state index in [0.717, 1.165) is 56.4 Å². The number of nitriles is 2. The van der Waals surface area contributed by atoms with Crippen LogP contribution in [0.4, 0.5) is 45.6 Å². The van der Waals surface area contributed by atoms with Gasteiger partial charge in [-0.3, -0.25) is 61.7 Å². The number of fused-ring (bicyclic) bond motifs is 4. The quantitative estimate of drug-likeness (QED) is 0.0271. The Morgan fingerprint density at radius 2 is 0.898 bits per heavy atom. The molecule has 5 aromatic heterocycles. The van der Waals surface area contributed by atoms with Crippen molar-refractivity contribution in [1.82, 2.24) is 38.2 Å². The lowest BCUT2D eigenvalue weighted by Crippen LogP contribution is -2.44. The number of Topliss-reactive ketones (excluding diaryl/α,β-unsaturated/α-hetero) is 2. The van der Waals surface area contributed by atoms with Crippen molar-refractivity contribution >= 4 is 142 Å². The highest BCUT2D eigenvalue weighted by atomic mass is 32.2. The number of thiazole rings is 1. The van der Waals surface area contributed by atoms with Crippen LogP contribution in [0.3, 0.4) is 0 Å². The number of hydrogen-bond acceptors (Lipinski definition) is 21. The zero-order valence-electron chi connectivity index (χ0n) is 67.4. The van der Waals surface area contributed by atoms with E-state index in [-0.39, 0.29) is 87.3 Å². The van der Waals surface area contributed by atoms with Gasteiger partial charge >= 0.3 is 11.4 Å². The van der Waals surface area contributed by atoms with E-state index in [1.54, 1.807) is 174 Å². The van der Waals surface area contributed by atoms with Gasteiger partial charge in [-0.05, 0) is 149 Å². The van der Waals surface area contributed by atoms with Crippen molar-refractivity contribution in [3.05, 3.63) is 363 Å². The fourth-order valence-electron chi connectivity index (χ4n) is 14.1. The molecule has 0 bridgehead atoms. The number of hydrogen-bond donors (Lipinski definition) is 6. The van der Waals surface area contributed by atoms with Crippen LogP contribution in [0.15, 0.2) is 262 Å². The number of H-pyrrole nitrogens is 2. The van der Waals surface area contributed by atoms with E-state index >= 15 is 0 Å². The maximum absolute atomic E-state index is 13.5. The van der Waals surface area contributed by atoms with E-state index in [0.29, 0.717) is 87.0 Å². The average molecular weight is 1800 g/mol. The third kappa shape index (κ3) is 21.1. The number of carbonyl (C=O) groups is 4. The highest BCUT2D eigenvalue weighted by Crippen LogP contribution is 2.39. The number of nitrogens with one attached hydrogen (secondary N) is 6. The number of aromatic amines is 2. The third-order valence-corrected chi connectivity index (χ3v) is 23.0. The van der Waals surface area contributed by atoms with Crippen molar-refractivity contribution in [2.75, 3.05) is 60.3 Å². The molecule has 0 aliphatic carbocycles. The zero-order chi connectivity index (χ0) is 90.8. The molecule has 34 nitrogen and oxygen atoms in total. The number of sulfonamides is 4. The van der Waals surface area contributed by atoms with Gasteiger partial charge in [0.15, 0.2) is 34.1 Å². The van der Waals surface area contributed by atoms with Gasteiger partial charge in [0.1, 0.15) is 28.0 Å². The average Bonchev–Trinajstić information content (AvgIpc) is 1.08. The van der Waals surface area contributed by atoms with E-state index in [1.807, 2.05) is 24.3 Å². The summed E-state index contributed by atoms with van der Waals surface area (Å²) >= 11 is 1.20. The molecule has 14 aromatic rings. The van der Waals surface area contributed by atoms with Crippen LogP contribution in [-0.2, 0) is 82.2 Å². The summed E-state index contributed by atoms with van der Waals surface area (Å²) in [6.07, 6.45) is 8.09. The van der Waals surface area contributed by atoms with Gasteiger partial charge in [0.2, 0.25) is 51.9 Å². The first-order valence-corrected chi connectivity index (χ1v) is 46.5. The second-order valence-corrected chi connectivity index (χ2v) is 36.8. The summed E-state index contributed by atoms with van der Waals surface area (Å²) in [6, 6.07) is 65.3. The van der Waals surface area contributed by atoms with Gasteiger partial charge in [0, 0.05) is 36.2 Å². The fourth-order valence-corrected chi connectivity index (χ4v) is 17.1. The van der Waals surface area contributed by atoms with Gasteiger partial charge in [-0.2, -0.15) is 10.5 Å². The number of carbonyl (C=O) groups excluding carboxylic acids is 4. The van der Waals surface area contributed by atoms with Crippen LogP contribution in [0.2, 0.25) is 0 Å². The van der Waals surface area contributed by atoms with Gasteiger partial charge < -0.3 is 14.9 Å². The number of imidazole rings is 1. The van der Waals surface area contributed by atoms with E-state index in [4.69, 9.17) is 23.7 Å². The molecule has 0 spiro atoms. The van der Waals surface area contributed by atoms with Crippen molar-refractivity contribution in [1.29, 1.82) is 10.5 Å². The molecule has 39 heteroatoms. The summed E-state index contributed by atoms with van der Waals surface area (Å²) in [5.41, 5.74) is 8.86. The molecule has 640 valence electrons. The van der Waals surface area contributed by atoms with E-state index < -0.39 is 74.4 Å². The van der Waals surface area contributed by atoms with E-state index in [9.17, 15) is 72.0 Å². The SMILES string of the molecule is CS(=O)(=O)Nc1cccc(-n2c(=O)c3ncsc3n(CCc3ccc(C#N)cc3)c2=O)c1.CS(=O)(=O)Nc1cccc(C2C(=O)c3cc[nH]c3N(CCc3ccc(C#N)cc3)C2=O)c1.[C-]#[N+]c1ccc(CN2C(=O)C(c3cccc(NS(C)(=O)=O)c3)C(=O)c3ccccc32)cc1.[C-]#[N+]c1ccc(Cn2c(=O)n(-c3cccc(NS(C)(=O)=O)c3)c(=O)c3[nH]cnc32)cc1. The number of ketones is 2. The van der Waals surface area contributed by atoms with Crippen LogP contribution >= 0.6 is 11.3 Å². The number of rotatable bonds is 22. The number of aromatic nitrogens is 8. The fraction of sp³-hybridized carbons (Fsp3) is 0.136. The molecule has 0 fully saturated rings. The molecule has 127 heavy (non-hydrogen) atoms. The predicted molar refractivity (Wildman–Crippen MR) is 481 cm³/mol. The Hall–Kier alpha value is -15.8. The molecule has 2 unspecified atom stereocenters. The molecule has 6 N–H and O–H groups in total. The first-order chi connectivity index (χ1) is 60.6. The maximum atomic E-state index is 13.5. The second kappa shape index (κ2) is 37.5. The van der Waals surface area contributed by atoms with Crippen LogP contribution < -0.4 is 51.2 Å². The van der Waals surface area contributed by atoms with E-state index in [2.05, 4.69) is 60.7 Å². The van der Waals surface area contributed by atoms with Gasteiger partial charge in [0.05, 0.1) is 120 Å². The highest BCUT2D eigenvalue weighted by Gasteiger charge is 2.43. The summed E-state index contributed by atoms with van der Waals surface area (Å²) in [5, 5.41) is 17.9. The topological polar surface area (TPSA) is 461 Å². The van der Waals surface area contributed by atoms with Gasteiger partial charge in [0.25, 0.3) is 11.1 Å². The Morgan fingerprint density at radius 1 is 0.457 bits per heavy atom. The number of anilines is 6. The Morgan fingerprint density at radius 3 is 1.39 bits per heavy atom. The lowest BCUT2D eigenvalue weighted by atomic mass is 9.84. The molecule has 7 heterocycles. The third-order valence-electron chi connectivity index (χ3n) is 19.7. The smallest absolute Gasteiger partial charge is 0.337 e. The van der Waals surface area contributed by atoms with Crippen LogP contribution in [0.1, 0.15) is 77.1 Å². The van der Waals surface area contributed by atoms with Crippen molar-refractivity contribution in [3.8, 4) is 23.5 Å². The van der Waals surface area contributed by atoms with Crippen LogP contribution in [0.25, 0.3) is 42.6 Å². The van der Waals surface area contributed by atoms with Crippen molar-refractivity contribution in [2.24, 2.45) is 0 Å². The van der Waals surface area contributed by atoms with Gasteiger partial charge in [-0.1, -0.05) is 121 Å². The van der Waals surface area contributed by atoms with E-state index in [1.165, 1.54) is 74.8 Å². The minimum atomic E-state index is -3.53. The monoisotopic (exact) mass is 1800 g/mol. The first-order valence-electron chi connectivity index (χ1n) is 38.1. The molecule has 2 aliphatic heterocycles. The number of benzene rings is 9. The van der Waals surface area contributed by atoms with Crippen LogP contribution in [0, 0.1) is 35.8 Å². The van der Waals surface area contributed by atoms with Crippen LogP contribution in [-0.4, -0.2) is 127 Å². The molecule has 0 saturated heterocycles. The van der Waals surface area contributed by atoms with Crippen molar-refractivity contribution < 1.29 is 52.8 Å². The molecule has 0 radical (unpaired) electrons. The molecule has 0 saturated carbocycles. The Bertz CT molecular complexity index is 7630.